The topological polar surface area (TPSA) is 63.4 Å². The molecule has 0 bridgehead atoms. The first kappa shape index (κ1) is 18.7. The molecule has 1 saturated heterocycles. The van der Waals surface area contributed by atoms with Crippen LogP contribution in [0.4, 0.5) is 13.2 Å². The van der Waals surface area contributed by atoms with Crippen LogP contribution >= 0.6 is 0 Å². The predicted octanol–water partition coefficient (Wildman–Crippen LogP) is 2.38. The van der Waals surface area contributed by atoms with Crippen molar-refractivity contribution in [1.29, 1.82) is 0 Å². The van der Waals surface area contributed by atoms with Crippen molar-refractivity contribution in [3.05, 3.63) is 42.0 Å². The zero-order valence-electron chi connectivity index (χ0n) is 14.2. The number of aromatic nitrogens is 3. The fourth-order valence-electron chi connectivity index (χ4n) is 2.94. The molecule has 0 radical (unpaired) electrons. The van der Waals surface area contributed by atoms with E-state index in [1.807, 2.05) is 11.0 Å². The fourth-order valence-corrected chi connectivity index (χ4v) is 2.94. The molecule has 2 aromatic rings. The van der Waals surface area contributed by atoms with Crippen LogP contribution in [0.3, 0.4) is 0 Å². The van der Waals surface area contributed by atoms with Crippen molar-refractivity contribution in [1.82, 2.24) is 19.7 Å². The van der Waals surface area contributed by atoms with Crippen molar-refractivity contribution in [2.45, 2.75) is 44.8 Å². The van der Waals surface area contributed by atoms with Gasteiger partial charge in [-0.2, -0.15) is 18.3 Å². The Morgan fingerprint density at radius 2 is 2.00 bits per heavy atom. The fraction of sp³-hybridized carbons (Fsp3) is 0.529. The largest absolute Gasteiger partial charge is 0.486 e. The molecule has 1 fully saturated rings. The van der Waals surface area contributed by atoms with E-state index >= 15 is 0 Å². The van der Waals surface area contributed by atoms with Gasteiger partial charge < -0.3 is 9.84 Å². The second kappa shape index (κ2) is 8.05. The number of piperidine rings is 1. The van der Waals surface area contributed by atoms with Crippen molar-refractivity contribution in [3.8, 4) is 5.75 Å². The molecule has 1 N–H and O–H groups in total. The van der Waals surface area contributed by atoms with Crippen LogP contribution in [0, 0.1) is 0 Å². The van der Waals surface area contributed by atoms with Crippen molar-refractivity contribution in [3.63, 3.8) is 0 Å². The van der Waals surface area contributed by atoms with E-state index in [1.54, 1.807) is 24.3 Å². The van der Waals surface area contributed by atoms with Crippen LogP contribution < -0.4 is 4.74 Å². The van der Waals surface area contributed by atoms with E-state index in [1.165, 1.54) is 0 Å². The lowest BCUT2D eigenvalue weighted by Crippen LogP contribution is -2.38. The summed E-state index contributed by atoms with van der Waals surface area (Å²) in [5, 5.41) is 13.7. The number of benzene rings is 1. The molecule has 1 aromatic carbocycles. The van der Waals surface area contributed by atoms with Gasteiger partial charge in [-0.25, -0.2) is 9.67 Å². The second-order valence-electron chi connectivity index (χ2n) is 6.35. The number of likely N-dealkylation sites (tertiary alicyclic amines) is 1. The molecular weight excluding hydrogens is 349 g/mol. The molecule has 3 rings (SSSR count). The normalized spacial score (nSPS) is 18.8. The van der Waals surface area contributed by atoms with Gasteiger partial charge in [-0.05, 0) is 31.5 Å². The summed E-state index contributed by atoms with van der Waals surface area (Å²) < 4.78 is 44.9. The Morgan fingerprint density at radius 3 is 2.69 bits per heavy atom. The van der Waals surface area contributed by atoms with Gasteiger partial charge in [0.2, 0.25) is 0 Å². The van der Waals surface area contributed by atoms with Gasteiger partial charge in [-0.15, -0.1) is 0 Å². The first-order valence-electron chi connectivity index (χ1n) is 8.47. The standard InChI is InChI=1S/C17H21F3N4O2/c18-17(19,20)12-24-16(10-23-8-4-5-13(25)9-23)21-15(22-24)11-26-14-6-2-1-3-7-14/h1-3,6-7,13,25H,4-5,8-12H2. The molecule has 1 aromatic heterocycles. The number of alkyl halides is 3. The second-order valence-corrected chi connectivity index (χ2v) is 6.35. The van der Waals surface area contributed by atoms with Crippen LogP contribution in [-0.2, 0) is 19.7 Å². The van der Waals surface area contributed by atoms with Crippen LogP contribution in [-0.4, -0.2) is 50.1 Å². The summed E-state index contributed by atoms with van der Waals surface area (Å²) in [6.07, 6.45) is -3.33. The number of ether oxygens (including phenoxy) is 1. The maximum atomic E-state index is 12.8. The average Bonchev–Trinajstić information content (AvgIpc) is 2.94. The van der Waals surface area contributed by atoms with Gasteiger partial charge in [0.15, 0.2) is 5.82 Å². The predicted molar refractivity (Wildman–Crippen MR) is 87.4 cm³/mol. The van der Waals surface area contributed by atoms with E-state index in [9.17, 15) is 18.3 Å². The first-order chi connectivity index (χ1) is 12.4. The number of β-amino-alcohol motifs (C(OH)–C–C–N with tert-alkyl or cyclic N) is 1. The van der Waals surface area contributed by atoms with E-state index < -0.39 is 18.8 Å². The van der Waals surface area contributed by atoms with Gasteiger partial charge in [0.05, 0.1) is 12.6 Å². The minimum absolute atomic E-state index is 0.00943. The molecule has 1 aliphatic rings. The van der Waals surface area contributed by atoms with E-state index in [0.29, 0.717) is 25.3 Å². The van der Waals surface area contributed by atoms with Gasteiger partial charge in [0.1, 0.15) is 24.7 Å². The van der Waals surface area contributed by atoms with Crippen LogP contribution in [0.15, 0.2) is 30.3 Å². The lowest BCUT2D eigenvalue weighted by atomic mass is 10.1. The molecule has 1 unspecified atom stereocenters. The molecule has 1 atom stereocenters. The van der Waals surface area contributed by atoms with Gasteiger partial charge in [0.25, 0.3) is 0 Å². The number of halogens is 3. The van der Waals surface area contributed by atoms with E-state index in [4.69, 9.17) is 4.74 Å². The lowest BCUT2D eigenvalue weighted by molar-refractivity contribution is -0.143. The molecule has 1 aliphatic heterocycles. The third kappa shape index (κ3) is 5.43. The average molecular weight is 370 g/mol. The molecular formula is C17H21F3N4O2. The summed E-state index contributed by atoms with van der Waals surface area (Å²) in [6, 6.07) is 8.95. The Balaban J connectivity index is 1.71. The Morgan fingerprint density at radius 1 is 1.23 bits per heavy atom. The van der Waals surface area contributed by atoms with Gasteiger partial charge >= 0.3 is 6.18 Å². The smallest absolute Gasteiger partial charge is 0.408 e. The summed E-state index contributed by atoms with van der Waals surface area (Å²) >= 11 is 0. The number of hydrogen-bond acceptors (Lipinski definition) is 5. The Kier molecular flexibility index (Phi) is 5.77. The lowest BCUT2D eigenvalue weighted by Gasteiger charge is -2.29. The van der Waals surface area contributed by atoms with E-state index in [0.717, 1.165) is 11.1 Å². The van der Waals surface area contributed by atoms with Crippen LogP contribution in [0.25, 0.3) is 0 Å². The van der Waals surface area contributed by atoms with Crippen molar-refractivity contribution in [2.75, 3.05) is 13.1 Å². The minimum Gasteiger partial charge on any atom is -0.486 e. The Bertz CT molecular complexity index is 706. The number of para-hydroxylation sites is 1. The highest BCUT2D eigenvalue weighted by atomic mass is 19.4. The van der Waals surface area contributed by atoms with Crippen LogP contribution in [0.2, 0.25) is 0 Å². The number of nitrogens with zero attached hydrogens (tertiary/aromatic N) is 4. The highest BCUT2D eigenvalue weighted by Crippen LogP contribution is 2.20. The van der Waals surface area contributed by atoms with Crippen LogP contribution in [0.1, 0.15) is 24.5 Å². The number of aliphatic hydroxyl groups is 1. The summed E-state index contributed by atoms with van der Waals surface area (Å²) in [5.41, 5.74) is 0. The van der Waals surface area contributed by atoms with Gasteiger partial charge in [0, 0.05) is 6.54 Å². The third-order valence-electron chi connectivity index (χ3n) is 4.08. The molecule has 2 heterocycles. The molecule has 0 aliphatic carbocycles. The van der Waals surface area contributed by atoms with Crippen molar-refractivity contribution >= 4 is 0 Å². The number of hydrogen-bond donors (Lipinski definition) is 1. The van der Waals surface area contributed by atoms with Crippen molar-refractivity contribution in [2.24, 2.45) is 0 Å². The van der Waals surface area contributed by atoms with Gasteiger partial charge in [-0.1, -0.05) is 18.2 Å². The molecule has 26 heavy (non-hydrogen) atoms. The maximum Gasteiger partial charge on any atom is 0.408 e. The Labute approximate surface area is 149 Å². The molecule has 6 nitrogen and oxygen atoms in total. The van der Waals surface area contributed by atoms with E-state index in [-0.39, 0.29) is 24.8 Å². The summed E-state index contributed by atoms with van der Waals surface area (Å²) in [7, 11) is 0. The molecule has 142 valence electrons. The first-order valence-corrected chi connectivity index (χ1v) is 8.47. The zero-order valence-corrected chi connectivity index (χ0v) is 14.2. The maximum absolute atomic E-state index is 12.8. The summed E-state index contributed by atoms with van der Waals surface area (Å²) in [4.78, 5) is 6.13. The molecule has 9 heteroatoms. The van der Waals surface area contributed by atoms with Crippen LogP contribution in [0.5, 0.6) is 5.75 Å². The number of rotatable bonds is 6. The summed E-state index contributed by atoms with van der Waals surface area (Å²) in [6.45, 7) is 0.146. The quantitative estimate of drug-likeness (QED) is 0.846. The highest BCUT2D eigenvalue weighted by molar-refractivity contribution is 5.21. The summed E-state index contributed by atoms with van der Waals surface area (Å²) in [5.74, 6) is 1.02. The minimum atomic E-state index is -4.39. The Hall–Kier alpha value is -2.13. The van der Waals surface area contributed by atoms with E-state index in [2.05, 4.69) is 10.1 Å². The van der Waals surface area contributed by atoms with Crippen molar-refractivity contribution < 1.29 is 23.0 Å². The van der Waals surface area contributed by atoms with Gasteiger partial charge in [-0.3, -0.25) is 4.90 Å². The monoisotopic (exact) mass is 370 g/mol. The third-order valence-corrected chi connectivity index (χ3v) is 4.08. The number of aliphatic hydroxyl groups excluding tert-OH is 1. The zero-order chi connectivity index (χ0) is 18.6. The highest BCUT2D eigenvalue weighted by Gasteiger charge is 2.31. The molecule has 0 amide bonds. The molecule has 0 saturated carbocycles. The molecule has 0 spiro atoms. The SMILES string of the molecule is OC1CCCN(Cc2nc(COc3ccccc3)nn2CC(F)(F)F)C1.